The average Bonchev–Trinajstić information content (AvgIpc) is 2.49. The van der Waals surface area contributed by atoms with Gasteiger partial charge in [0.1, 0.15) is 0 Å². The van der Waals surface area contributed by atoms with Gasteiger partial charge in [-0.2, -0.15) is 0 Å². The van der Waals surface area contributed by atoms with Crippen LogP contribution in [0.3, 0.4) is 0 Å². The van der Waals surface area contributed by atoms with Gasteiger partial charge in [0.2, 0.25) is 10.0 Å². The summed E-state index contributed by atoms with van der Waals surface area (Å²) < 4.78 is 22.7. The molecule has 0 saturated carbocycles. The van der Waals surface area contributed by atoms with Gasteiger partial charge in [-0.25, -0.2) is 13.6 Å². The maximum atomic E-state index is 11.3. The Morgan fingerprint density at radius 1 is 0.864 bits per heavy atom. The Bertz CT molecular complexity index is 508. The van der Waals surface area contributed by atoms with Crippen molar-refractivity contribution in [1.82, 2.24) is 0 Å². The molecule has 3 nitrogen and oxygen atoms in total. The van der Waals surface area contributed by atoms with Crippen molar-refractivity contribution in [1.29, 1.82) is 0 Å². The lowest BCUT2D eigenvalue weighted by atomic mass is 9.88. The molecule has 0 bridgehead atoms. The van der Waals surface area contributed by atoms with E-state index in [-0.39, 0.29) is 4.90 Å². The third kappa shape index (κ3) is 6.93. The predicted molar refractivity (Wildman–Crippen MR) is 93.5 cm³/mol. The van der Waals surface area contributed by atoms with E-state index >= 15 is 0 Å². The Hall–Kier alpha value is -0.870. The van der Waals surface area contributed by atoms with E-state index < -0.39 is 10.0 Å². The Morgan fingerprint density at radius 2 is 1.41 bits per heavy atom. The zero-order valence-corrected chi connectivity index (χ0v) is 14.9. The van der Waals surface area contributed by atoms with Crippen molar-refractivity contribution in [2.75, 3.05) is 0 Å². The molecule has 22 heavy (non-hydrogen) atoms. The second-order valence-corrected chi connectivity index (χ2v) is 7.72. The van der Waals surface area contributed by atoms with Crippen LogP contribution in [0.2, 0.25) is 0 Å². The van der Waals surface area contributed by atoms with Crippen molar-refractivity contribution < 1.29 is 8.42 Å². The molecule has 0 radical (unpaired) electrons. The first-order chi connectivity index (χ1) is 10.5. The van der Waals surface area contributed by atoms with Crippen molar-refractivity contribution in [2.45, 2.75) is 82.4 Å². The summed E-state index contributed by atoms with van der Waals surface area (Å²) in [6.07, 6.45) is 11.3. The summed E-state index contributed by atoms with van der Waals surface area (Å²) in [5.41, 5.74) is 1.25. The molecule has 0 aliphatic heterocycles. The largest absolute Gasteiger partial charge is 0.238 e. The zero-order valence-electron chi connectivity index (χ0n) is 14.1. The van der Waals surface area contributed by atoms with Gasteiger partial charge in [0.25, 0.3) is 0 Å². The maximum Gasteiger partial charge on any atom is 0.238 e. The molecule has 0 aromatic heterocycles. The quantitative estimate of drug-likeness (QED) is 0.584. The van der Waals surface area contributed by atoms with Crippen LogP contribution in [0.5, 0.6) is 0 Å². The third-order valence-corrected chi connectivity index (χ3v) is 5.17. The van der Waals surface area contributed by atoms with Gasteiger partial charge in [-0.15, -0.1) is 0 Å². The van der Waals surface area contributed by atoms with Crippen LogP contribution in [0.25, 0.3) is 0 Å². The monoisotopic (exact) mass is 325 g/mol. The highest BCUT2D eigenvalue weighted by atomic mass is 32.2. The molecular formula is C18H31NO2S. The van der Waals surface area contributed by atoms with Gasteiger partial charge in [0, 0.05) is 0 Å². The fraction of sp³-hybridized carbons (Fsp3) is 0.667. The van der Waals surface area contributed by atoms with Crippen LogP contribution in [0.4, 0.5) is 0 Å². The minimum Gasteiger partial charge on any atom is -0.225 e. The Kier molecular flexibility index (Phi) is 8.72. The fourth-order valence-electron chi connectivity index (χ4n) is 2.85. The van der Waals surface area contributed by atoms with E-state index in [9.17, 15) is 8.42 Å². The van der Waals surface area contributed by atoms with Crippen LogP contribution in [-0.4, -0.2) is 8.42 Å². The number of rotatable bonds is 11. The Labute approximate surface area is 136 Å². The molecule has 0 amide bonds. The molecular weight excluding hydrogens is 294 g/mol. The average molecular weight is 326 g/mol. The molecule has 0 aliphatic rings. The summed E-state index contributed by atoms with van der Waals surface area (Å²) in [5, 5.41) is 5.16. The Balaban J connectivity index is 2.66. The minimum absolute atomic E-state index is 0.202. The fourth-order valence-corrected chi connectivity index (χ4v) is 3.37. The summed E-state index contributed by atoms with van der Waals surface area (Å²) in [4.78, 5) is 0.202. The first kappa shape index (κ1) is 19.2. The number of benzene rings is 1. The van der Waals surface area contributed by atoms with Crippen LogP contribution < -0.4 is 5.14 Å². The molecule has 0 aliphatic carbocycles. The number of sulfonamides is 1. The number of primary sulfonamides is 1. The molecule has 1 aromatic rings. The van der Waals surface area contributed by atoms with E-state index in [4.69, 9.17) is 5.14 Å². The van der Waals surface area contributed by atoms with E-state index in [0.717, 1.165) is 0 Å². The normalized spacial score (nSPS) is 13.2. The van der Waals surface area contributed by atoms with E-state index in [0.29, 0.717) is 5.92 Å². The summed E-state index contributed by atoms with van der Waals surface area (Å²) >= 11 is 0. The second kappa shape index (κ2) is 10.0. The molecule has 0 spiro atoms. The molecule has 1 aromatic carbocycles. The van der Waals surface area contributed by atoms with Gasteiger partial charge in [0.05, 0.1) is 4.90 Å². The number of hydrogen-bond acceptors (Lipinski definition) is 2. The molecule has 2 N–H and O–H groups in total. The lowest BCUT2D eigenvalue weighted by Gasteiger charge is -2.17. The highest BCUT2D eigenvalue weighted by Gasteiger charge is 2.13. The van der Waals surface area contributed by atoms with Gasteiger partial charge in [0.15, 0.2) is 0 Å². The number of unbranched alkanes of at least 4 members (excludes halogenated alkanes) is 5. The first-order valence-corrected chi connectivity index (χ1v) is 10.2. The van der Waals surface area contributed by atoms with E-state index in [1.807, 2.05) is 12.1 Å². The van der Waals surface area contributed by atoms with Gasteiger partial charge >= 0.3 is 0 Å². The van der Waals surface area contributed by atoms with Crippen molar-refractivity contribution >= 4 is 10.0 Å². The highest BCUT2D eigenvalue weighted by Crippen LogP contribution is 2.28. The lowest BCUT2D eigenvalue weighted by Crippen LogP contribution is -2.12. The standard InChI is InChI=1S/C18H31NO2S/c1-3-5-7-8-9-11-16(10-6-4-2)17-12-14-18(15-13-17)22(19,20)21/h12-16H,3-11H2,1-2H3,(H2,19,20,21). The van der Waals surface area contributed by atoms with Crippen LogP contribution in [0, 0.1) is 0 Å². The van der Waals surface area contributed by atoms with E-state index in [2.05, 4.69) is 13.8 Å². The van der Waals surface area contributed by atoms with Gasteiger partial charge in [-0.1, -0.05) is 70.9 Å². The molecule has 1 rings (SSSR count). The maximum absolute atomic E-state index is 11.3. The van der Waals surface area contributed by atoms with Crippen LogP contribution in [0.1, 0.15) is 83.1 Å². The Morgan fingerprint density at radius 3 is 1.95 bits per heavy atom. The van der Waals surface area contributed by atoms with Crippen molar-refractivity contribution in [2.24, 2.45) is 5.14 Å². The van der Waals surface area contributed by atoms with Crippen LogP contribution in [0.15, 0.2) is 29.2 Å². The van der Waals surface area contributed by atoms with E-state index in [1.54, 1.807) is 12.1 Å². The first-order valence-electron chi connectivity index (χ1n) is 8.61. The lowest BCUT2D eigenvalue weighted by molar-refractivity contribution is 0.504. The van der Waals surface area contributed by atoms with Crippen molar-refractivity contribution in [3.05, 3.63) is 29.8 Å². The summed E-state index contributed by atoms with van der Waals surface area (Å²) in [5.74, 6) is 0.538. The molecule has 0 heterocycles. The highest BCUT2D eigenvalue weighted by molar-refractivity contribution is 7.89. The molecule has 1 atom stereocenters. The van der Waals surface area contributed by atoms with Crippen molar-refractivity contribution in [3.63, 3.8) is 0 Å². The number of hydrogen-bond donors (Lipinski definition) is 1. The van der Waals surface area contributed by atoms with Crippen LogP contribution >= 0.6 is 0 Å². The zero-order chi connectivity index (χ0) is 16.4. The van der Waals surface area contributed by atoms with Gasteiger partial charge in [-0.3, -0.25) is 0 Å². The summed E-state index contributed by atoms with van der Waals surface area (Å²) in [6.45, 7) is 4.44. The van der Waals surface area contributed by atoms with Crippen molar-refractivity contribution in [3.8, 4) is 0 Å². The summed E-state index contributed by atoms with van der Waals surface area (Å²) in [7, 11) is -3.59. The van der Waals surface area contributed by atoms with E-state index in [1.165, 1.54) is 63.4 Å². The second-order valence-electron chi connectivity index (χ2n) is 6.16. The third-order valence-electron chi connectivity index (χ3n) is 4.24. The molecule has 4 heteroatoms. The predicted octanol–water partition coefficient (Wildman–Crippen LogP) is 4.97. The SMILES string of the molecule is CCCCCCCC(CCCC)c1ccc(S(N)(=O)=O)cc1. The number of nitrogens with two attached hydrogens (primary N) is 1. The molecule has 126 valence electrons. The van der Waals surface area contributed by atoms with Gasteiger partial charge < -0.3 is 0 Å². The molecule has 1 unspecified atom stereocenters. The molecule has 0 saturated heterocycles. The van der Waals surface area contributed by atoms with Gasteiger partial charge in [-0.05, 0) is 36.5 Å². The topological polar surface area (TPSA) is 60.2 Å². The minimum atomic E-state index is -3.59. The molecule has 0 fully saturated rings. The van der Waals surface area contributed by atoms with Crippen LogP contribution in [-0.2, 0) is 10.0 Å². The summed E-state index contributed by atoms with van der Waals surface area (Å²) in [6, 6.07) is 7.15. The smallest absolute Gasteiger partial charge is 0.225 e.